The second kappa shape index (κ2) is 3.93. The van der Waals surface area contributed by atoms with Gasteiger partial charge in [-0.1, -0.05) is 28.1 Å². The van der Waals surface area contributed by atoms with Gasteiger partial charge in [0.25, 0.3) is 0 Å². The molecule has 0 amide bonds. The largest absolute Gasteiger partial charge is 0.378 e. The van der Waals surface area contributed by atoms with E-state index in [0.29, 0.717) is 13.2 Å². The van der Waals surface area contributed by atoms with E-state index in [4.69, 9.17) is 15.7 Å². The molecule has 3 nitrogen and oxygen atoms in total. The van der Waals surface area contributed by atoms with Crippen LogP contribution in [0.5, 0.6) is 0 Å². The number of hydrogen-bond donors (Lipinski definition) is 1. The van der Waals surface area contributed by atoms with Crippen molar-refractivity contribution in [2.24, 2.45) is 11.1 Å². The van der Waals surface area contributed by atoms with Crippen LogP contribution in [0.2, 0.25) is 0 Å². The summed E-state index contributed by atoms with van der Waals surface area (Å²) in [6.45, 7) is 0.863. The zero-order chi connectivity index (χ0) is 10.9. The highest BCUT2D eigenvalue weighted by molar-refractivity contribution is 9.10. The lowest BCUT2D eigenvalue weighted by Crippen LogP contribution is -2.49. The maximum absolute atomic E-state index is 9.10. The summed E-state index contributed by atoms with van der Waals surface area (Å²) in [5.74, 6) is 0. The minimum Gasteiger partial charge on any atom is -0.378 e. The van der Waals surface area contributed by atoms with Crippen molar-refractivity contribution >= 4 is 15.9 Å². The van der Waals surface area contributed by atoms with Crippen molar-refractivity contribution < 1.29 is 4.74 Å². The Kier molecular flexibility index (Phi) is 2.79. The van der Waals surface area contributed by atoms with Gasteiger partial charge >= 0.3 is 0 Å². The second-order valence-electron chi connectivity index (χ2n) is 3.79. The summed E-state index contributed by atoms with van der Waals surface area (Å²) in [7, 11) is 0. The molecule has 1 heterocycles. The smallest absolute Gasteiger partial charge is 0.123 e. The summed E-state index contributed by atoms with van der Waals surface area (Å²) in [6.07, 6.45) is 0. The molecule has 15 heavy (non-hydrogen) atoms. The molecule has 1 fully saturated rings. The van der Waals surface area contributed by atoms with E-state index >= 15 is 0 Å². The molecule has 0 aromatic heterocycles. The average molecular weight is 267 g/mol. The minimum atomic E-state index is -0.534. The summed E-state index contributed by atoms with van der Waals surface area (Å²) in [5, 5.41) is 9.10. The third kappa shape index (κ3) is 1.78. The van der Waals surface area contributed by atoms with Gasteiger partial charge in [-0.3, -0.25) is 0 Å². The molecular weight excluding hydrogens is 256 g/mol. The van der Waals surface area contributed by atoms with Crippen LogP contribution in [0.4, 0.5) is 0 Å². The molecule has 1 saturated heterocycles. The molecule has 1 unspecified atom stereocenters. The fraction of sp³-hybridized carbons (Fsp3) is 0.364. The standard InChI is InChI=1S/C11H11BrN2O/c12-9-3-1-8(2-4-9)10(14)11(5-13)6-15-7-11/h1-4,10H,6-7,14H2. The topological polar surface area (TPSA) is 59.0 Å². The lowest BCUT2D eigenvalue weighted by molar-refractivity contribution is -0.0910. The van der Waals surface area contributed by atoms with Crippen LogP contribution in [0, 0.1) is 16.7 Å². The highest BCUT2D eigenvalue weighted by Gasteiger charge is 2.45. The van der Waals surface area contributed by atoms with Gasteiger partial charge in [0.15, 0.2) is 0 Å². The maximum atomic E-state index is 9.10. The van der Waals surface area contributed by atoms with Gasteiger partial charge in [0.2, 0.25) is 0 Å². The molecule has 78 valence electrons. The predicted molar refractivity (Wildman–Crippen MR) is 59.9 cm³/mol. The monoisotopic (exact) mass is 266 g/mol. The first-order valence-corrected chi connectivity index (χ1v) is 5.47. The number of benzene rings is 1. The minimum absolute atomic E-state index is 0.274. The zero-order valence-electron chi connectivity index (χ0n) is 8.11. The van der Waals surface area contributed by atoms with Crippen molar-refractivity contribution in [3.8, 4) is 6.07 Å². The number of nitrogens with zero attached hydrogens (tertiary/aromatic N) is 1. The Morgan fingerprint density at radius 2 is 2.00 bits per heavy atom. The van der Waals surface area contributed by atoms with Gasteiger partial charge in [0.05, 0.1) is 25.3 Å². The van der Waals surface area contributed by atoms with Crippen LogP contribution in [0.3, 0.4) is 0 Å². The van der Waals surface area contributed by atoms with Crippen molar-refractivity contribution in [3.63, 3.8) is 0 Å². The van der Waals surface area contributed by atoms with E-state index < -0.39 is 5.41 Å². The number of nitriles is 1. The molecule has 0 spiro atoms. The van der Waals surface area contributed by atoms with E-state index in [-0.39, 0.29) is 6.04 Å². The number of hydrogen-bond acceptors (Lipinski definition) is 3. The molecule has 1 atom stereocenters. The number of rotatable bonds is 2. The van der Waals surface area contributed by atoms with Gasteiger partial charge in [-0.2, -0.15) is 5.26 Å². The quantitative estimate of drug-likeness (QED) is 0.891. The Morgan fingerprint density at radius 3 is 2.40 bits per heavy atom. The molecular formula is C11H11BrN2O. The number of ether oxygens (including phenoxy) is 1. The number of nitrogens with two attached hydrogens (primary N) is 1. The molecule has 0 bridgehead atoms. The Hall–Kier alpha value is -0.890. The van der Waals surface area contributed by atoms with Crippen LogP contribution in [-0.2, 0) is 4.74 Å². The van der Waals surface area contributed by atoms with Crippen molar-refractivity contribution in [2.45, 2.75) is 6.04 Å². The fourth-order valence-electron chi connectivity index (χ4n) is 1.62. The van der Waals surface area contributed by atoms with Crippen molar-refractivity contribution in [2.75, 3.05) is 13.2 Å². The molecule has 2 N–H and O–H groups in total. The Bertz CT molecular complexity index is 392. The average Bonchev–Trinajstić information content (AvgIpc) is 2.18. The maximum Gasteiger partial charge on any atom is 0.123 e. The Morgan fingerprint density at radius 1 is 1.40 bits per heavy atom. The summed E-state index contributed by atoms with van der Waals surface area (Å²) in [4.78, 5) is 0. The van der Waals surface area contributed by atoms with Gasteiger partial charge in [-0.25, -0.2) is 0 Å². The summed E-state index contributed by atoms with van der Waals surface area (Å²) < 4.78 is 6.09. The van der Waals surface area contributed by atoms with Gasteiger partial charge in [-0.15, -0.1) is 0 Å². The summed E-state index contributed by atoms with van der Waals surface area (Å²) in [5.41, 5.74) is 6.52. The van der Waals surface area contributed by atoms with Crippen molar-refractivity contribution in [3.05, 3.63) is 34.3 Å². The third-order valence-corrected chi connectivity index (χ3v) is 3.30. The highest BCUT2D eigenvalue weighted by Crippen LogP contribution is 2.38. The van der Waals surface area contributed by atoms with E-state index in [9.17, 15) is 0 Å². The summed E-state index contributed by atoms with van der Waals surface area (Å²) >= 11 is 3.36. The van der Waals surface area contributed by atoms with Gasteiger partial charge < -0.3 is 10.5 Å². The van der Waals surface area contributed by atoms with Crippen LogP contribution >= 0.6 is 15.9 Å². The molecule has 1 aliphatic heterocycles. The van der Waals surface area contributed by atoms with E-state index in [1.807, 2.05) is 24.3 Å². The highest BCUT2D eigenvalue weighted by atomic mass is 79.9. The Balaban J connectivity index is 2.24. The van der Waals surface area contributed by atoms with Crippen LogP contribution in [-0.4, -0.2) is 13.2 Å². The van der Waals surface area contributed by atoms with E-state index in [0.717, 1.165) is 10.0 Å². The molecule has 4 heteroatoms. The third-order valence-electron chi connectivity index (χ3n) is 2.77. The Labute approximate surface area is 97.0 Å². The molecule has 0 radical (unpaired) electrons. The molecule has 0 saturated carbocycles. The summed E-state index contributed by atoms with van der Waals surface area (Å²) in [6, 6.07) is 9.73. The molecule has 1 aromatic carbocycles. The number of halogens is 1. The first-order chi connectivity index (χ1) is 7.18. The molecule has 0 aliphatic carbocycles. The van der Waals surface area contributed by atoms with Crippen LogP contribution < -0.4 is 5.73 Å². The SMILES string of the molecule is N#CC1(C(N)c2ccc(Br)cc2)COC1. The van der Waals surface area contributed by atoms with Crippen molar-refractivity contribution in [1.29, 1.82) is 5.26 Å². The first-order valence-electron chi connectivity index (χ1n) is 4.68. The fourth-order valence-corrected chi connectivity index (χ4v) is 1.89. The zero-order valence-corrected chi connectivity index (χ0v) is 9.70. The van der Waals surface area contributed by atoms with E-state index in [1.165, 1.54) is 0 Å². The molecule has 1 aliphatic rings. The van der Waals surface area contributed by atoms with Gasteiger partial charge in [0.1, 0.15) is 5.41 Å². The molecule has 2 rings (SSSR count). The van der Waals surface area contributed by atoms with Crippen LogP contribution in [0.1, 0.15) is 11.6 Å². The van der Waals surface area contributed by atoms with Crippen molar-refractivity contribution in [1.82, 2.24) is 0 Å². The van der Waals surface area contributed by atoms with E-state index in [2.05, 4.69) is 22.0 Å². The lowest BCUT2D eigenvalue weighted by Gasteiger charge is -2.39. The lowest BCUT2D eigenvalue weighted by atomic mass is 9.77. The normalized spacial score (nSPS) is 20.1. The van der Waals surface area contributed by atoms with Gasteiger partial charge in [0, 0.05) is 4.47 Å². The van der Waals surface area contributed by atoms with Gasteiger partial charge in [-0.05, 0) is 17.7 Å². The van der Waals surface area contributed by atoms with Crippen LogP contribution in [0.25, 0.3) is 0 Å². The molecule has 1 aromatic rings. The predicted octanol–water partition coefficient (Wildman–Crippen LogP) is 1.99. The van der Waals surface area contributed by atoms with Crippen LogP contribution in [0.15, 0.2) is 28.7 Å². The first kappa shape index (κ1) is 10.6. The van der Waals surface area contributed by atoms with E-state index in [1.54, 1.807) is 0 Å². The second-order valence-corrected chi connectivity index (χ2v) is 4.71.